The maximum absolute atomic E-state index is 14.2. The lowest BCUT2D eigenvalue weighted by atomic mass is 9.77. The summed E-state index contributed by atoms with van der Waals surface area (Å²) >= 11 is 0. The van der Waals surface area contributed by atoms with Gasteiger partial charge in [0.05, 0.1) is 14.2 Å². The van der Waals surface area contributed by atoms with Crippen LogP contribution in [0.3, 0.4) is 0 Å². The molecular weight excluding hydrogens is 1210 g/mol. The number of esters is 2. The van der Waals surface area contributed by atoms with E-state index in [9.17, 15) is 38.4 Å². The van der Waals surface area contributed by atoms with Crippen LogP contribution in [0.25, 0.3) is 32.7 Å². The fourth-order valence-corrected chi connectivity index (χ4v) is 10.6. The number of fused-ring (bicyclic) bond motifs is 3. The van der Waals surface area contributed by atoms with Crippen LogP contribution in [0.1, 0.15) is 184 Å². The van der Waals surface area contributed by atoms with Crippen LogP contribution in [0, 0.1) is 0 Å². The minimum atomic E-state index is -1.43. The summed E-state index contributed by atoms with van der Waals surface area (Å²) in [4.78, 5) is 106. The number of carbonyl (C=O) groups excluding carboxylic acids is 8. The standard InChI is InChI=1S/C29H43N3O7.C21H30N2O4.C20H28N2O4.3CH4/c1-26(2,3)37-23(34)30-21(29(10,11)19-17-31(12)20-16-14-13-15-18(19)20)22(33)32(24(35)38-27(4,5)6)25(36)39-28(7,8)9;1-20(2,3)27-19(25)23(7)17(18(24)26-8)21(4,5)15-13-22(6)16-12-10-9-11-14(15)16;1-19(2,3)26-18(24)21-16(17(23)25-7)20(4,5)14-12-22(6)15-11-9-8-10-13(14)15;;;/h13-17,21H,1-12H3,(H,30,34);9-13,17H,1-8H3;8-12,16H,1-7H3,(H,21,24);3*1H4/t21-;17-;16-;;;/m111.../s1. The number of aryl methyl sites for hydroxylation is 3. The predicted molar refractivity (Wildman–Crippen MR) is 375 cm³/mol. The van der Waals surface area contributed by atoms with Crippen LogP contribution in [-0.4, -0.2) is 139 Å². The summed E-state index contributed by atoms with van der Waals surface area (Å²) in [6, 6.07) is 20.4. The molecule has 6 rings (SSSR count). The SMILES string of the molecule is C.C.C.COC(=O)[C@@H](N(C)C(=O)OC(C)(C)C)C(C)(C)c1cn(C)c2ccccc12.COC(=O)[C@@H](NC(=O)OC(C)(C)C)C(C)(C)c1cn(C)c2ccccc12.Cn1cc(C(C)(C)[C@H](NC(=O)OC(C)(C)C)C(=O)N(C(=O)OC(C)(C)C)C(=O)OC(C)(C)C)c2ccccc21. The van der Waals surface area contributed by atoms with Crippen LogP contribution in [0.15, 0.2) is 91.4 Å². The lowest BCUT2D eigenvalue weighted by Gasteiger charge is -2.38. The Morgan fingerprint density at radius 2 is 0.663 bits per heavy atom. The summed E-state index contributed by atoms with van der Waals surface area (Å²) in [6.45, 7) is 36.6. The third-order valence-electron chi connectivity index (χ3n) is 14.8. The van der Waals surface area contributed by atoms with Crippen LogP contribution in [0.4, 0.5) is 24.0 Å². The minimum Gasteiger partial charge on any atom is -0.467 e. The molecule has 3 aromatic carbocycles. The van der Waals surface area contributed by atoms with E-state index in [1.54, 1.807) is 125 Å². The van der Waals surface area contributed by atoms with Crippen LogP contribution < -0.4 is 10.6 Å². The molecule has 6 aromatic rings. The van der Waals surface area contributed by atoms with Crippen molar-refractivity contribution >= 4 is 81.0 Å². The maximum atomic E-state index is 14.2. The number of aromatic nitrogens is 3. The number of amides is 6. The number of nitrogens with one attached hydrogen (secondary N) is 2. The predicted octanol–water partition coefficient (Wildman–Crippen LogP) is 15.3. The highest BCUT2D eigenvalue weighted by molar-refractivity contribution is 6.10. The number of rotatable bonds is 12. The Balaban J connectivity index is 0.000000721. The number of carbonyl (C=O) groups is 8. The number of ether oxygens (including phenoxy) is 7. The number of likely N-dealkylation sites (N-methyl/N-ethyl adjacent to an activating group) is 1. The second kappa shape index (κ2) is 31.8. The Kier molecular flexibility index (Phi) is 28.3. The Labute approximate surface area is 564 Å². The summed E-state index contributed by atoms with van der Waals surface area (Å²) in [5.74, 6) is -2.03. The van der Waals surface area contributed by atoms with E-state index in [1.165, 1.54) is 19.1 Å². The zero-order chi connectivity index (χ0) is 70.4. The first kappa shape index (κ1) is 84.5. The van der Waals surface area contributed by atoms with Gasteiger partial charge in [-0.3, -0.25) is 9.69 Å². The fourth-order valence-electron chi connectivity index (χ4n) is 10.6. The van der Waals surface area contributed by atoms with Crippen LogP contribution in [0.2, 0.25) is 0 Å². The second-order valence-electron chi connectivity index (χ2n) is 29.5. The lowest BCUT2D eigenvalue weighted by Crippen LogP contribution is -2.60. The molecule has 22 nitrogen and oxygen atoms in total. The molecule has 0 aliphatic rings. The van der Waals surface area contributed by atoms with Crippen molar-refractivity contribution in [3.05, 3.63) is 108 Å². The van der Waals surface area contributed by atoms with Gasteiger partial charge in [0.1, 0.15) is 46.1 Å². The highest BCUT2D eigenvalue weighted by Gasteiger charge is 2.49. The van der Waals surface area contributed by atoms with Crippen molar-refractivity contribution in [2.45, 2.75) is 230 Å². The monoisotopic (exact) mass is 1330 g/mol. The Bertz CT molecular complexity index is 3620. The zero-order valence-electron chi connectivity index (χ0n) is 59.3. The minimum absolute atomic E-state index is 0. The van der Waals surface area contributed by atoms with Gasteiger partial charge in [0.2, 0.25) is 0 Å². The van der Waals surface area contributed by atoms with Gasteiger partial charge in [-0.05, 0) is 139 Å². The van der Waals surface area contributed by atoms with Crippen molar-refractivity contribution in [1.29, 1.82) is 0 Å². The van der Waals surface area contributed by atoms with Gasteiger partial charge in [-0.2, -0.15) is 0 Å². The largest absolute Gasteiger partial charge is 0.467 e. The van der Waals surface area contributed by atoms with Gasteiger partial charge in [-0.1, -0.05) is 118 Å². The van der Waals surface area contributed by atoms with Crippen LogP contribution in [0.5, 0.6) is 0 Å². The third-order valence-corrected chi connectivity index (χ3v) is 14.8. The number of nitrogens with zero attached hydrogens (tertiary/aromatic N) is 5. The van der Waals surface area contributed by atoms with E-state index in [1.807, 2.05) is 154 Å². The molecule has 2 N–H and O–H groups in total. The van der Waals surface area contributed by atoms with Gasteiger partial charge < -0.3 is 57.5 Å². The lowest BCUT2D eigenvalue weighted by molar-refractivity contribution is -0.149. The number of para-hydroxylation sites is 3. The smallest absolute Gasteiger partial charge is 0.426 e. The van der Waals surface area contributed by atoms with Crippen molar-refractivity contribution in [1.82, 2.24) is 34.1 Å². The molecule has 0 spiro atoms. The average Bonchev–Trinajstić information content (AvgIpc) is 1.71. The summed E-state index contributed by atoms with van der Waals surface area (Å²) in [5, 5.41) is 8.23. The van der Waals surface area contributed by atoms with Crippen molar-refractivity contribution in [2.75, 3.05) is 21.3 Å². The summed E-state index contributed by atoms with van der Waals surface area (Å²) in [6.07, 6.45) is 1.31. The highest BCUT2D eigenvalue weighted by Crippen LogP contribution is 2.39. The molecule has 0 radical (unpaired) electrons. The van der Waals surface area contributed by atoms with E-state index in [0.717, 1.165) is 43.8 Å². The van der Waals surface area contributed by atoms with E-state index < -0.39 is 111 Å². The molecule has 0 fully saturated rings. The summed E-state index contributed by atoms with van der Waals surface area (Å²) < 4.78 is 43.0. The number of hydrogen-bond donors (Lipinski definition) is 2. The van der Waals surface area contributed by atoms with Crippen LogP contribution >= 0.6 is 0 Å². The topological polar surface area (TPSA) is 246 Å². The molecule has 0 bridgehead atoms. The molecule has 0 saturated carbocycles. The van der Waals surface area contributed by atoms with E-state index in [-0.39, 0.29) is 22.3 Å². The van der Waals surface area contributed by atoms with Crippen LogP contribution in [-0.2, 0) is 84.9 Å². The summed E-state index contributed by atoms with van der Waals surface area (Å²) in [7, 11) is 10.0. The van der Waals surface area contributed by atoms with Crippen molar-refractivity contribution in [2.24, 2.45) is 21.1 Å². The highest BCUT2D eigenvalue weighted by atomic mass is 16.6. The molecule has 530 valence electrons. The van der Waals surface area contributed by atoms with E-state index >= 15 is 0 Å². The van der Waals surface area contributed by atoms with Crippen molar-refractivity contribution < 1.29 is 71.5 Å². The molecule has 6 amide bonds. The molecule has 3 heterocycles. The second-order valence-corrected chi connectivity index (χ2v) is 29.5. The van der Waals surface area contributed by atoms with Gasteiger partial charge >= 0.3 is 42.4 Å². The first-order valence-electron chi connectivity index (χ1n) is 30.4. The van der Waals surface area contributed by atoms with Crippen molar-refractivity contribution in [3.8, 4) is 0 Å². The molecule has 95 heavy (non-hydrogen) atoms. The Hall–Kier alpha value is -8.56. The first-order chi connectivity index (χ1) is 41.9. The average molecular weight is 1330 g/mol. The molecule has 22 heteroatoms. The zero-order valence-corrected chi connectivity index (χ0v) is 59.3. The van der Waals surface area contributed by atoms with Gasteiger partial charge in [0, 0.05) is 95.7 Å². The van der Waals surface area contributed by atoms with E-state index in [0.29, 0.717) is 10.5 Å². The number of hydrogen-bond acceptors (Lipinski definition) is 15. The quantitative estimate of drug-likeness (QED) is 0.0854. The van der Waals surface area contributed by atoms with Gasteiger partial charge in [0.15, 0.2) is 0 Å². The van der Waals surface area contributed by atoms with E-state index in [4.69, 9.17) is 33.2 Å². The van der Waals surface area contributed by atoms with Gasteiger partial charge in [0.25, 0.3) is 5.91 Å². The number of imide groups is 3. The van der Waals surface area contributed by atoms with Gasteiger partial charge in [-0.15, -0.1) is 4.90 Å². The molecule has 0 saturated heterocycles. The first-order valence-corrected chi connectivity index (χ1v) is 30.4. The van der Waals surface area contributed by atoms with Crippen molar-refractivity contribution in [3.63, 3.8) is 0 Å². The number of methoxy groups -OCH3 is 2. The number of benzene rings is 3. The van der Waals surface area contributed by atoms with E-state index in [2.05, 4.69) is 10.6 Å². The molecule has 3 aromatic heterocycles. The molecule has 0 aliphatic carbocycles. The Morgan fingerprint density at radius 3 is 0.968 bits per heavy atom. The number of alkyl carbamates (subject to hydrolysis) is 2. The normalized spacial score (nSPS) is 13.0. The summed E-state index contributed by atoms with van der Waals surface area (Å²) in [5.41, 5.74) is -1.14. The molecular formula is C73H113N7O15. The molecule has 0 aliphatic heterocycles. The Morgan fingerprint density at radius 1 is 0.389 bits per heavy atom. The fraction of sp³-hybridized carbons (Fsp3) is 0.562. The molecule has 3 atom stereocenters. The molecule has 0 unspecified atom stereocenters. The van der Waals surface area contributed by atoms with Gasteiger partial charge in [-0.25, -0.2) is 33.6 Å². The third kappa shape index (κ3) is 21.7. The maximum Gasteiger partial charge on any atom is 0.426 e.